The summed E-state index contributed by atoms with van der Waals surface area (Å²) in [5.41, 5.74) is 0.889. The lowest BCUT2D eigenvalue weighted by molar-refractivity contribution is 0.101. The summed E-state index contributed by atoms with van der Waals surface area (Å²) in [7, 11) is -2.26. The Morgan fingerprint density at radius 3 is 2.83 bits per heavy atom. The quantitative estimate of drug-likeness (QED) is 0.650. The molecule has 3 N–H and O–H groups in total. The molecule has 0 spiro atoms. The average Bonchev–Trinajstić information content (AvgIpc) is 3.18. The zero-order valence-electron chi connectivity index (χ0n) is 15.9. The summed E-state index contributed by atoms with van der Waals surface area (Å²) < 4.78 is 49.0. The number of aromatic nitrogens is 1. The molecule has 0 saturated carbocycles. The summed E-state index contributed by atoms with van der Waals surface area (Å²) in [5, 5.41) is 5.82. The maximum absolute atomic E-state index is 13.5. The second-order valence-corrected chi connectivity index (χ2v) is 8.84. The van der Waals surface area contributed by atoms with E-state index in [-0.39, 0.29) is 53.1 Å². The number of halogens is 2. The van der Waals surface area contributed by atoms with Crippen molar-refractivity contribution in [3.05, 3.63) is 41.5 Å². The number of sulfonamides is 1. The molecule has 0 bridgehead atoms. The van der Waals surface area contributed by atoms with Crippen LogP contribution in [0.1, 0.15) is 16.1 Å². The zero-order valence-corrected chi connectivity index (χ0v) is 17.5. The van der Waals surface area contributed by atoms with Gasteiger partial charge in [0.25, 0.3) is 5.91 Å². The van der Waals surface area contributed by atoms with Crippen molar-refractivity contribution in [2.75, 3.05) is 25.0 Å². The number of nitrogens with zero attached hydrogens (tertiary/aromatic N) is 1. The van der Waals surface area contributed by atoms with Gasteiger partial charge in [-0.05, 0) is 30.7 Å². The molecular weight excluding hydrogens is 423 g/mol. The van der Waals surface area contributed by atoms with Crippen molar-refractivity contribution >= 4 is 34.0 Å². The molecule has 8 nitrogen and oxygen atoms in total. The molecule has 2 aliphatic rings. The average molecular weight is 445 g/mol. The van der Waals surface area contributed by atoms with Crippen LogP contribution in [0.4, 0.5) is 10.1 Å². The number of fused-ring (bicyclic) bond motifs is 2. The molecule has 0 radical (unpaired) electrons. The molecule has 11 heteroatoms. The second-order valence-electron chi connectivity index (χ2n) is 7.16. The first-order chi connectivity index (χ1) is 13.3. The largest absolute Gasteiger partial charge is 0.489 e. The van der Waals surface area contributed by atoms with Gasteiger partial charge in [-0.15, -0.1) is 12.4 Å². The SMILES string of the molecule is Cc1cc(NC(=O)c2c3c(cn2C)S(=O)(=O)N[C@H]2CNC[C@@H]2CO3)ccc1F.Cl. The summed E-state index contributed by atoms with van der Waals surface area (Å²) in [6.45, 7) is 3.04. The molecule has 3 heterocycles. The van der Waals surface area contributed by atoms with E-state index in [2.05, 4.69) is 15.4 Å². The lowest BCUT2D eigenvalue weighted by Crippen LogP contribution is -2.43. The number of hydrogen-bond donors (Lipinski definition) is 3. The van der Waals surface area contributed by atoms with Gasteiger partial charge >= 0.3 is 0 Å². The van der Waals surface area contributed by atoms with Gasteiger partial charge in [-0.25, -0.2) is 17.5 Å². The fourth-order valence-electron chi connectivity index (χ4n) is 3.58. The highest BCUT2D eigenvalue weighted by Crippen LogP contribution is 2.33. The van der Waals surface area contributed by atoms with Gasteiger partial charge in [0.05, 0.1) is 6.61 Å². The monoisotopic (exact) mass is 444 g/mol. The van der Waals surface area contributed by atoms with Crippen molar-refractivity contribution in [2.45, 2.75) is 17.9 Å². The van der Waals surface area contributed by atoms with E-state index in [0.29, 0.717) is 24.3 Å². The number of nitrogens with one attached hydrogen (secondary N) is 3. The minimum atomic E-state index is -3.84. The van der Waals surface area contributed by atoms with Gasteiger partial charge in [0, 0.05) is 44.0 Å². The molecule has 1 aromatic heterocycles. The molecule has 2 atom stereocenters. The van der Waals surface area contributed by atoms with Crippen molar-refractivity contribution in [3.63, 3.8) is 0 Å². The molecule has 1 saturated heterocycles. The Labute approximate surface area is 174 Å². The molecule has 0 aliphatic carbocycles. The first-order valence-corrected chi connectivity index (χ1v) is 10.4. The molecule has 2 aliphatic heterocycles. The Kier molecular flexibility index (Phi) is 5.91. The van der Waals surface area contributed by atoms with Crippen molar-refractivity contribution in [2.24, 2.45) is 13.0 Å². The molecule has 4 rings (SSSR count). The number of amides is 1. The fourth-order valence-corrected chi connectivity index (χ4v) is 5.08. The van der Waals surface area contributed by atoms with Crippen LogP contribution in [-0.2, 0) is 17.1 Å². The van der Waals surface area contributed by atoms with Gasteiger partial charge < -0.3 is 19.9 Å². The van der Waals surface area contributed by atoms with Crippen LogP contribution in [0.3, 0.4) is 0 Å². The van der Waals surface area contributed by atoms with Crippen LogP contribution < -0.4 is 20.1 Å². The van der Waals surface area contributed by atoms with Crippen LogP contribution >= 0.6 is 12.4 Å². The summed E-state index contributed by atoms with van der Waals surface area (Å²) >= 11 is 0. The van der Waals surface area contributed by atoms with E-state index in [1.54, 1.807) is 14.0 Å². The number of rotatable bonds is 2. The zero-order chi connectivity index (χ0) is 20.1. The Morgan fingerprint density at radius 1 is 1.34 bits per heavy atom. The normalized spacial score (nSPS) is 22.3. The van der Waals surface area contributed by atoms with Crippen molar-refractivity contribution < 1.29 is 22.3 Å². The van der Waals surface area contributed by atoms with Crippen LogP contribution in [0.5, 0.6) is 5.75 Å². The Morgan fingerprint density at radius 2 is 2.10 bits per heavy atom. The Bertz CT molecular complexity index is 1060. The molecule has 1 fully saturated rings. The second kappa shape index (κ2) is 7.94. The van der Waals surface area contributed by atoms with Crippen LogP contribution in [0.15, 0.2) is 29.3 Å². The maximum Gasteiger partial charge on any atom is 0.276 e. The predicted molar refractivity (Wildman–Crippen MR) is 108 cm³/mol. The predicted octanol–water partition coefficient (Wildman–Crippen LogP) is 1.41. The van der Waals surface area contributed by atoms with Gasteiger partial charge in [-0.2, -0.15) is 0 Å². The van der Waals surface area contributed by atoms with E-state index in [0.717, 1.165) is 0 Å². The van der Waals surface area contributed by atoms with Gasteiger partial charge in [0.1, 0.15) is 10.7 Å². The number of aryl methyl sites for hydroxylation is 2. The topological polar surface area (TPSA) is 101 Å². The highest BCUT2D eigenvalue weighted by molar-refractivity contribution is 7.89. The molecule has 0 unspecified atom stereocenters. The first kappa shape index (κ1) is 21.6. The van der Waals surface area contributed by atoms with E-state index in [4.69, 9.17) is 4.74 Å². The first-order valence-electron chi connectivity index (χ1n) is 8.89. The Balaban J connectivity index is 0.00000240. The maximum atomic E-state index is 13.5. The third-order valence-corrected chi connectivity index (χ3v) is 6.59. The van der Waals surface area contributed by atoms with E-state index in [1.165, 1.54) is 29.0 Å². The number of hydrogen-bond acceptors (Lipinski definition) is 5. The smallest absolute Gasteiger partial charge is 0.276 e. The third kappa shape index (κ3) is 3.97. The fraction of sp³-hybridized carbons (Fsp3) is 0.389. The van der Waals surface area contributed by atoms with E-state index in [1.807, 2.05) is 0 Å². The minimum Gasteiger partial charge on any atom is -0.489 e. The Hall–Kier alpha value is -2.14. The minimum absolute atomic E-state index is 0. The standard InChI is InChI=1S/C18H21FN4O4S.ClH/c1-10-5-12(3-4-13(10)19)21-18(24)16-17-15(8-23(16)2)28(25,26)22-14-7-20-6-11(14)9-27-17;/h3-5,8,11,14,20,22H,6-7,9H2,1-2H3,(H,21,24);1H/t11-,14+;/m1./s1. The third-order valence-electron chi connectivity index (χ3n) is 5.11. The summed E-state index contributed by atoms with van der Waals surface area (Å²) in [6, 6.07) is 3.96. The molecule has 158 valence electrons. The van der Waals surface area contributed by atoms with Crippen molar-refractivity contribution in [3.8, 4) is 5.75 Å². The molecule has 29 heavy (non-hydrogen) atoms. The van der Waals surface area contributed by atoms with Crippen LogP contribution in [-0.4, -0.2) is 44.6 Å². The van der Waals surface area contributed by atoms with Crippen LogP contribution in [0.25, 0.3) is 0 Å². The summed E-state index contributed by atoms with van der Waals surface area (Å²) in [6.07, 6.45) is 1.37. The van der Waals surface area contributed by atoms with Gasteiger partial charge in [-0.3, -0.25) is 4.79 Å². The highest BCUT2D eigenvalue weighted by atomic mass is 35.5. The van der Waals surface area contributed by atoms with Crippen molar-refractivity contribution in [1.82, 2.24) is 14.6 Å². The summed E-state index contributed by atoms with van der Waals surface area (Å²) in [5.74, 6) is -0.913. The molecule has 1 aromatic carbocycles. The van der Waals surface area contributed by atoms with Gasteiger partial charge in [0.2, 0.25) is 10.0 Å². The molecule has 2 aromatic rings. The van der Waals surface area contributed by atoms with Crippen molar-refractivity contribution in [1.29, 1.82) is 0 Å². The number of ether oxygens (including phenoxy) is 1. The summed E-state index contributed by atoms with van der Waals surface area (Å²) in [4.78, 5) is 12.8. The number of carbonyl (C=O) groups is 1. The molecular formula is C18H22ClFN4O4S. The van der Waals surface area contributed by atoms with Crippen LogP contribution in [0.2, 0.25) is 0 Å². The number of benzene rings is 1. The highest BCUT2D eigenvalue weighted by Gasteiger charge is 2.38. The van der Waals surface area contributed by atoms with E-state index < -0.39 is 15.9 Å². The lowest BCUT2D eigenvalue weighted by Gasteiger charge is -2.24. The lowest BCUT2D eigenvalue weighted by atomic mass is 10.1. The van der Waals surface area contributed by atoms with E-state index in [9.17, 15) is 17.6 Å². The van der Waals surface area contributed by atoms with Gasteiger partial charge in [0.15, 0.2) is 11.4 Å². The number of anilines is 1. The van der Waals surface area contributed by atoms with E-state index >= 15 is 0 Å². The number of carbonyl (C=O) groups excluding carboxylic acids is 1. The molecule has 1 amide bonds. The van der Waals surface area contributed by atoms with Gasteiger partial charge in [-0.1, -0.05) is 0 Å². The van der Waals surface area contributed by atoms with Crippen LogP contribution in [0, 0.1) is 18.7 Å².